The van der Waals surface area contributed by atoms with Gasteiger partial charge in [0.1, 0.15) is 0 Å². The molecular weight excluding hydrogens is 268 g/mol. The summed E-state index contributed by atoms with van der Waals surface area (Å²) >= 11 is 6.46. The van der Waals surface area contributed by atoms with E-state index in [0.717, 1.165) is 24.5 Å². The number of anilines is 1. The van der Waals surface area contributed by atoms with E-state index in [9.17, 15) is 0 Å². The van der Waals surface area contributed by atoms with Crippen LogP contribution in [0.5, 0.6) is 0 Å². The fourth-order valence-corrected chi connectivity index (χ4v) is 3.42. The average Bonchev–Trinajstić information content (AvgIpc) is 2.82. The van der Waals surface area contributed by atoms with Crippen molar-refractivity contribution in [3.63, 3.8) is 0 Å². The van der Waals surface area contributed by atoms with Crippen molar-refractivity contribution in [2.24, 2.45) is 0 Å². The van der Waals surface area contributed by atoms with Crippen molar-refractivity contribution in [3.05, 3.63) is 28.8 Å². The quantitative estimate of drug-likeness (QED) is 0.771. The first-order chi connectivity index (χ1) is 9.67. The number of hydrogen-bond donors (Lipinski definition) is 1. The molecule has 2 unspecified atom stereocenters. The minimum Gasteiger partial charge on any atom is -0.366 e. The first-order valence-electron chi connectivity index (χ1n) is 7.94. The lowest BCUT2D eigenvalue weighted by Gasteiger charge is -2.30. The summed E-state index contributed by atoms with van der Waals surface area (Å²) in [5.41, 5.74) is 2.48. The molecule has 1 N–H and O–H groups in total. The molecule has 1 saturated heterocycles. The molecular formula is C17H27ClN2. The summed E-state index contributed by atoms with van der Waals surface area (Å²) < 4.78 is 0. The fourth-order valence-electron chi connectivity index (χ4n) is 3.18. The van der Waals surface area contributed by atoms with E-state index >= 15 is 0 Å². The van der Waals surface area contributed by atoms with E-state index in [0.29, 0.717) is 12.1 Å². The van der Waals surface area contributed by atoms with E-state index < -0.39 is 0 Å². The Balaban J connectivity index is 2.11. The Morgan fingerprint density at radius 3 is 2.75 bits per heavy atom. The number of benzene rings is 1. The van der Waals surface area contributed by atoms with Crippen LogP contribution in [0, 0.1) is 0 Å². The zero-order valence-corrected chi connectivity index (χ0v) is 13.7. The van der Waals surface area contributed by atoms with Gasteiger partial charge in [0, 0.05) is 29.3 Å². The second-order valence-electron chi connectivity index (χ2n) is 5.85. The molecule has 0 saturated carbocycles. The van der Waals surface area contributed by atoms with Crippen LogP contribution in [0.3, 0.4) is 0 Å². The molecule has 1 aromatic carbocycles. The number of nitrogens with zero attached hydrogens (tertiary/aromatic N) is 1. The Morgan fingerprint density at radius 2 is 2.10 bits per heavy atom. The number of rotatable bonds is 6. The maximum Gasteiger partial charge on any atom is 0.0471 e. The number of nitrogens with one attached hydrogen (secondary N) is 1. The molecule has 1 aromatic rings. The van der Waals surface area contributed by atoms with Gasteiger partial charge in [0.05, 0.1) is 0 Å². The van der Waals surface area contributed by atoms with Crippen LogP contribution < -0.4 is 10.2 Å². The van der Waals surface area contributed by atoms with E-state index in [-0.39, 0.29) is 0 Å². The van der Waals surface area contributed by atoms with Crippen molar-refractivity contribution in [3.8, 4) is 0 Å². The highest BCUT2D eigenvalue weighted by Crippen LogP contribution is 2.34. The molecule has 1 aliphatic rings. The molecule has 1 heterocycles. The Kier molecular flexibility index (Phi) is 5.74. The van der Waals surface area contributed by atoms with Crippen LogP contribution >= 0.6 is 11.6 Å². The van der Waals surface area contributed by atoms with Gasteiger partial charge in [-0.15, -0.1) is 0 Å². The van der Waals surface area contributed by atoms with Crippen molar-refractivity contribution in [1.29, 1.82) is 0 Å². The molecule has 1 fully saturated rings. The predicted octanol–water partition coefficient (Wildman–Crippen LogP) is 4.61. The van der Waals surface area contributed by atoms with Crippen molar-refractivity contribution in [1.82, 2.24) is 5.32 Å². The molecule has 2 atom stereocenters. The van der Waals surface area contributed by atoms with Gasteiger partial charge in [-0.1, -0.05) is 31.5 Å². The van der Waals surface area contributed by atoms with Gasteiger partial charge in [0.2, 0.25) is 0 Å². The zero-order chi connectivity index (χ0) is 14.5. The SMILES string of the molecule is CCCNCc1ccc(N2C(C)CCC2CC)cc1Cl. The third kappa shape index (κ3) is 3.48. The lowest BCUT2D eigenvalue weighted by Crippen LogP contribution is -2.34. The van der Waals surface area contributed by atoms with Gasteiger partial charge in [0.25, 0.3) is 0 Å². The number of hydrogen-bond acceptors (Lipinski definition) is 2. The van der Waals surface area contributed by atoms with E-state index in [1.165, 1.54) is 30.5 Å². The Labute approximate surface area is 128 Å². The van der Waals surface area contributed by atoms with E-state index in [2.05, 4.69) is 49.2 Å². The Bertz CT molecular complexity index is 433. The van der Waals surface area contributed by atoms with E-state index in [1.807, 2.05) is 0 Å². The molecule has 0 radical (unpaired) electrons. The van der Waals surface area contributed by atoms with E-state index in [1.54, 1.807) is 0 Å². The third-order valence-corrected chi connectivity index (χ3v) is 4.69. The molecule has 0 amide bonds. The molecule has 2 nitrogen and oxygen atoms in total. The van der Waals surface area contributed by atoms with Gasteiger partial charge in [-0.3, -0.25) is 0 Å². The molecule has 0 aromatic heterocycles. The molecule has 1 aliphatic heterocycles. The van der Waals surface area contributed by atoms with Crippen molar-refractivity contribution in [2.45, 2.75) is 65.1 Å². The lowest BCUT2D eigenvalue weighted by molar-refractivity contribution is 0.627. The molecule has 2 rings (SSSR count). The predicted molar refractivity (Wildman–Crippen MR) is 88.7 cm³/mol. The summed E-state index contributed by atoms with van der Waals surface area (Å²) in [5.74, 6) is 0. The van der Waals surface area contributed by atoms with Crippen LogP contribution in [-0.2, 0) is 6.54 Å². The first-order valence-corrected chi connectivity index (χ1v) is 8.32. The maximum atomic E-state index is 6.46. The molecule has 0 aliphatic carbocycles. The largest absolute Gasteiger partial charge is 0.366 e. The minimum absolute atomic E-state index is 0.625. The summed E-state index contributed by atoms with van der Waals surface area (Å²) in [4.78, 5) is 2.55. The smallest absolute Gasteiger partial charge is 0.0471 e. The molecule has 0 spiro atoms. The number of halogens is 1. The summed E-state index contributed by atoms with van der Waals surface area (Å²) in [7, 11) is 0. The van der Waals surface area contributed by atoms with Crippen molar-refractivity contribution >= 4 is 17.3 Å². The van der Waals surface area contributed by atoms with E-state index in [4.69, 9.17) is 11.6 Å². The summed E-state index contributed by atoms with van der Waals surface area (Å²) in [6, 6.07) is 7.86. The van der Waals surface area contributed by atoms with Gasteiger partial charge in [0.15, 0.2) is 0 Å². The van der Waals surface area contributed by atoms with Gasteiger partial charge in [-0.25, -0.2) is 0 Å². The minimum atomic E-state index is 0.625. The topological polar surface area (TPSA) is 15.3 Å². The van der Waals surface area contributed by atoms with Gasteiger partial charge < -0.3 is 10.2 Å². The van der Waals surface area contributed by atoms with Crippen LogP contribution in [0.1, 0.15) is 52.0 Å². The first kappa shape index (κ1) is 15.7. The standard InChI is InChI=1S/C17H27ClN2/c1-4-10-19-12-14-7-9-16(11-17(14)18)20-13(3)6-8-15(20)5-2/h7,9,11,13,15,19H,4-6,8,10,12H2,1-3H3. The Morgan fingerprint density at radius 1 is 1.30 bits per heavy atom. The second-order valence-corrected chi connectivity index (χ2v) is 6.26. The Hall–Kier alpha value is -0.730. The highest BCUT2D eigenvalue weighted by atomic mass is 35.5. The molecule has 0 bridgehead atoms. The summed E-state index contributed by atoms with van der Waals surface area (Å²) in [6.45, 7) is 8.68. The molecule has 112 valence electrons. The van der Waals surface area contributed by atoms with Crippen LogP contribution in [0.25, 0.3) is 0 Å². The highest BCUT2D eigenvalue weighted by molar-refractivity contribution is 6.31. The summed E-state index contributed by atoms with van der Waals surface area (Å²) in [6.07, 6.45) is 4.95. The van der Waals surface area contributed by atoms with Crippen LogP contribution in [-0.4, -0.2) is 18.6 Å². The second kappa shape index (κ2) is 7.33. The summed E-state index contributed by atoms with van der Waals surface area (Å²) in [5, 5.41) is 4.30. The van der Waals surface area contributed by atoms with Gasteiger partial charge in [-0.2, -0.15) is 0 Å². The third-order valence-electron chi connectivity index (χ3n) is 4.33. The fraction of sp³-hybridized carbons (Fsp3) is 0.647. The monoisotopic (exact) mass is 294 g/mol. The van der Waals surface area contributed by atoms with Gasteiger partial charge in [-0.05, 0) is 56.8 Å². The van der Waals surface area contributed by atoms with Crippen LogP contribution in [0.4, 0.5) is 5.69 Å². The highest BCUT2D eigenvalue weighted by Gasteiger charge is 2.29. The lowest BCUT2D eigenvalue weighted by atomic mass is 10.1. The molecule has 3 heteroatoms. The van der Waals surface area contributed by atoms with Crippen molar-refractivity contribution in [2.75, 3.05) is 11.4 Å². The van der Waals surface area contributed by atoms with Gasteiger partial charge >= 0.3 is 0 Å². The molecule has 20 heavy (non-hydrogen) atoms. The van der Waals surface area contributed by atoms with Crippen molar-refractivity contribution < 1.29 is 0 Å². The maximum absolute atomic E-state index is 6.46. The van der Waals surface area contributed by atoms with Crippen LogP contribution in [0.2, 0.25) is 5.02 Å². The normalized spacial score (nSPS) is 22.5. The van der Waals surface area contributed by atoms with Crippen LogP contribution in [0.15, 0.2) is 18.2 Å². The average molecular weight is 295 g/mol. The zero-order valence-electron chi connectivity index (χ0n) is 13.0.